The standard InChI is InChI=1S/C20H26N2O2/c1-2-13-5-3-4-6-14(13)11-18(21)20(24)16-9-10-22-19-8-7-15(23)12-17(16)19/h2,7-10,12-14,18,20,23-24H,1,3-6,11,21H2/t13-,14-,18+,20-/m0/s1. The second kappa shape index (κ2) is 7.32. The lowest BCUT2D eigenvalue weighted by atomic mass is 9.75. The molecule has 1 fully saturated rings. The first kappa shape index (κ1) is 16.9. The molecule has 3 rings (SSSR count). The maximum absolute atomic E-state index is 10.8. The van der Waals surface area contributed by atoms with Crippen LogP contribution in [0.25, 0.3) is 10.9 Å². The third-order valence-electron chi connectivity index (χ3n) is 5.33. The van der Waals surface area contributed by atoms with Gasteiger partial charge in [0.25, 0.3) is 0 Å². The van der Waals surface area contributed by atoms with Gasteiger partial charge < -0.3 is 15.9 Å². The number of rotatable bonds is 5. The van der Waals surface area contributed by atoms with Gasteiger partial charge in [0, 0.05) is 17.6 Å². The van der Waals surface area contributed by atoms with Crippen LogP contribution in [0.5, 0.6) is 5.75 Å². The normalized spacial score (nSPS) is 23.8. The first-order valence-electron chi connectivity index (χ1n) is 8.74. The second-order valence-corrected chi connectivity index (χ2v) is 6.89. The monoisotopic (exact) mass is 326 g/mol. The summed E-state index contributed by atoms with van der Waals surface area (Å²) in [5.74, 6) is 1.15. The maximum Gasteiger partial charge on any atom is 0.116 e. The molecule has 4 atom stereocenters. The van der Waals surface area contributed by atoms with Gasteiger partial charge in [-0.05, 0) is 60.9 Å². The average Bonchev–Trinajstić information content (AvgIpc) is 2.61. The number of aliphatic hydroxyl groups is 1. The number of pyridine rings is 1. The van der Waals surface area contributed by atoms with Crippen LogP contribution in [-0.2, 0) is 0 Å². The van der Waals surface area contributed by atoms with Crippen molar-refractivity contribution < 1.29 is 10.2 Å². The number of aliphatic hydroxyl groups excluding tert-OH is 1. The number of aromatic hydroxyl groups is 1. The summed E-state index contributed by atoms with van der Waals surface area (Å²) in [5, 5.41) is 21.3. The number of phenols is 1. The van der Waals surface area contributed by atoms with Gasteiger partial charge >= 0.3 is 0 Å². The molecule has 4 N–H and O–H groups in total. The first-order chi connectivity index (χ1) is 11.6. The Hall–Kier alpha value is -1.91. The fourth-order valence-electron chi connectivity index (χ4n) is 3.96. The molecule has 0 bridgehead atoms. The molecule has 24 heavy (non-hydrogen) atoms. The minimum absolute atomic E-state index is 0.163. The molecule has 0 radical (unpaired) electrons. The van der Waals surface area contributed by atoms with Crippen molar-refractivity contribution in [1.82, 2.24) is 4.98 Å². The van der Waals surface area contributed by atoms with Crippen molar-refractivity contribution in [2.45, 2.75) is 44.2 Å². The number of fused-ring (bicyclic) bond motifs is 1. The molecular formula is C20H26N2O2. The van der Waals surface area contributed by atoms with E-state index in [1.54, 1.807) is 30.5 Å². The molecule has 0 aliphatic heterocycles. The van der Waals surface area contributed by atoms with Crippen molar-refractivity contribution in [2.24, 2.45) is 17.6 Å². The Bertz CT molecular complexity index is 716. The van der Waals surface area contributed by atoms with Gasteiger partial charge in [-0.15, -0.1) is 6.58 Å². The zero-order valence-electron chi connectivity index (χ0n) is 13.9. The number of aromatic nitrogens is 1. The Morgan fingerprint density at radius 3 is 2.88 bits per heavy atom. The molecule has 1 aromatic carbocycles. The van der Waals surface area contributed by atoms with Gasteiger partial charge in [-0.3, -0.25) is 4.98 Å². The highest BCUT2D eigenvalue weighted by atomic mass is 16.3. The molecule has 128 valence electrons. The summed E-state index contributed by atoms with van der Waals surface area (Å²) in [7, 11) is 0. The molecule has 1 aliphatic rings. The van der Waals surface area contributed by atoms with Crippen molar-refractivity contribution in [3.05, 3.63) is 48.7 Å². The van der Waals surface area contributed by atoms with Crippen LogP contribution in [0.2, 0.25) is 0 Å². The minimum atomic E-state index is -0.773. The Kier molecular flexibility index (Phi) is 5.17. The molecule has 1 aliphatic carbocycles. The van der Waals surface area contributed by atoms with Crippen LogP contribution in [0.15, 0.2) is 43.1 Å². The second-order valence-electron chi connectivity index (χ2n) is 6.89. The molecule has 0 unspecified atom stereocenters. The van der Waals surface area contributed by atoms with E-state index >= 15 is 0 Å². The zero-order chi connectivity index (χ0) is 17.1. The highest BCUT2D eigenvalue weighted by Gasteiger charge is 2.28. The van der Waals surface area contributed by atoms with Crippen molar-refractivity contribution in [2.75, 3.05) is 0 Å². The number of nitrogens with zero attached hydrogens (tertiary/aromatic N) is 1. The molecule has 1 saturated carbocycles. The summed E-state index contributed by atoms with van der Waals surface area (Å²) in [6.45, 7) is 3.96. The maximum atomic E-state index is 10.8. The largest absolute Gasteiger partial charge is 0.508 e. The predicted molar refractivity (Wildman–Crippen MR) is 96.6 cm³/mol. The zero-order valence-corrected chi connectivity index (χ0v) is 13.9. The summed E-state index contributed by atoms with van der Waals surface area (Å²) < 4.78 is 0. The van der Waals surface area contributed by atoms with Crippen LogP contribution in [-0.4, -0.2) is 21.2 Å². The van der Waals surface area contributed by atoms with Gasteiger partial charge in [-0.25, -0.2) is 0 Å². The van der Waals surface area contributed by atoms with Crippen molar-refractivity contribution in [1.29, 1.82) is 0 Å². The van der Waals surface area contributed by atoms with E-state index in [0.29, 0.717) is 11.8 Å². The van der Waals surface area contributed by atoms with Gasteiger partial charge in [0.15, 0.2) is 0 Å². The SMILES string of the molecule is C=C[C@H]1CCCC[C@H]1C[C@@H](N)[C@@H](O)c1ccnc2ccc(O)cc12. The minimum Gasteiger partial charge on any atom is -0.508 e. The van der Waals surface area contributed by atoms with Crippen LogP contribution in [0, 0.1) is 11.8 Å². The van der Waals surface area contributed by atoms with Gasteiger partial charge in [0.2, 0.25) is 0 Å². The van der Waals surface area contributed by atoms with Crippen LogP contribution < -0.4 is 5.73 Å². The smallest absolute Gasteiger partial charge is 0.116 e. The molecule has 2 aromatic rings. The Morgan fingerprint density at radius 2 is 2.08 bits per heavy atom. The molecule has 1 heterocycles. The first-order valence-corrected chi connectivity index (χ1v) is 8.74. The summed E-state index contributed by atoms with van der Waals surface area (Å²) in [5.41, 5.74) is 7.84. The molecule has 4 heteroatoms. The molecule has 0 amide bonds. The van der Waals surface area contributed by atoms with Crippen molar-refractivity contribution >= 4 is 10.9 Å². The number of phenolic OH excluding ortho intramolecular Hbond substituents is 1. The lowest BCUT2D eigenvalue weighted by Crippen LogP contribution is -2.33. The molecule has 4 nitrogen and oxygen atoms in total. The van der Waals surface area contributed by atoms with Crippen LogP contribution in [0.4, 0.5) is 0 Å². The quantitative estimate of drug-likeness (QED) is 0.732. The molecular weight excluding hydrogens is 300 g/mol. The van der Waals surface area contributed by atoms with Crippen LogP contribution >= 0.6 is 0 Å². The lowest BCUT2D eigenvalue weighted by molar-refractivity contribution is 0.122. The lowest BCUT2D eigenvalue weighted by Gasteiger charge is -2.32. The van der Waals surface area contributed by atoms with E-state index in [0.717, 1.165) is 29.3 Å². The van der Waals surface area contributed by atoms with E-state index in [2.05, 4.69) is 11.6 Å². The van der Waals surface area contributed by atoms with Gasteiger partial charge in [0.05, 0.1) is 11.6 Å². The third-order valence-corrected chi connectivity index (χ3v) is 5.33. The van der Waals surface area contributed by atoms with E-state index in [-0.39, 0.29) is 11.8 Å². The number of hydrogen-bond donors (Lipinski definition) is 3. The number of hydrogen-bond acceptors (Lipinski definition) is 4. The Labute approximate surface area is 143 Å². The molecule has 0 spiro atoms. The summed E-state index contributed by atoms with van der Waals surface area (Å²) in [6.07, 6.45) is 8.52. The highest BCUT2D eigenvalue weighted by Crippen LogP contribution is 2.36. The van der Waals surface area contributed by atoms with E-state index in [4.69, 9.17) is 5.73 Å². The van der Waals surface area contributed by atoms with Crippen molar-refractivity contribution in [3.8, 4) is 5.75 Å². The summed E-state index contributed by atoms with van der Waals surface area (Å²) >= 11 is 0. The number of benzene rings is 1. The topological polar surface area (TPSA) is 79.4 Å². The van der Waals surface area contributed by atoms with Gasteiger partial charge in [0.1, 0.15) is 5.75 Å². The molecule has 1 aromatic heterocycles. The average molecular weight is 326 g/mol. The van der Waals surface area contributed by atoms with Gasteiger partial charge in [-0.2, -0.15) is 0 Å². The Morgan fingerprint density at radius 1 is 1.29 bits per heavy atom. The number of allylic oxidation sites excluding steroid dienone is 1. The highest BCUT2D eigenvalue weighted by molar-refractivity contribution is 5.83. The van der Waals surface area contributed by atoms with Crippen molar-refractivity contribution in [3.63, 3.8) is 0 Å². The fraction of sp³-hybridized carbons (Fsp3) is 0.450. The van der Waals surface area contributed by atoms with E-state index in [1.165, 1.54) is 19.3 Å². The van der Waals surface area contributed by atoms with Crippen LogP contribution in [0.1, 0.15) is 43.8 Å². The molecule has 0 saturated heterocycles. The van der Waals surface area contributed by atoms with E-state index in [9.17, 15) is 10.2 Å². The summed E-state index contributed by atoms with van der Waals surface area (Å²) in [4.78, 5) is 4.29. The summed E-state index contributed by atoms with van der Waals surface area (Å²) in [6, 6.07) is 6.44. The number of nitrogens with two attached hydrogens (primary N) is 1. The van der Waals surface area contributed by atoms with E-state index in [1.807, 2.05) is 6.08 Å². The third kappa shape index (κ3) is 3.45. The predicted octanol–water partition coefficient (Wildman–Crippen LogP) is 3.68. The van der Waals surface area contributed by atoms with E-state index < -0.39 is 6.10 Å². The van der Waals surface area contributed by atoms with Gasteiger partial charge in [-0.1, -0.05) is 18.9 Å². The van der Waals surface area contributed by atoms with Crippen LogP contribution in [0.3, 0.4) is 0 Å². The fourth-order valence-corrected chi connectivity index (χ4v) is 3.96. The Balaban J connectivity index is 1.81.